The van der Waals surface area contributed by atoms with Crippen molar-refractivity contribution in [3.63, 3.8) is 0 Å². The minimum atomic E-state index is 0.679. The van der Waals surface area contributed by atoms with E-state index in [9.17, 15) is 0 Å². The van der Waals surface area contributed by atoms with Crippen LogP contribution in [-0.4, -0.2) is 38.8 Å². The molecule has 2 rings (SSSR count). The first-order valence-electron chi connectivity index (χ1n) is 5.96. The Bertz CT molecular complexity index is 270. The molecule has 2 heterocycles. The lowest BCUT2D eigenvalue weighted by atomic mass is 10.2. The summed E-state index contributed by atoms with van der Waals surface area (Å²) in [6.45, 7) is 5.77. The minimum Gasteiger partial charge on any atom is -0.299 e. The van der Waals surface area contributed by atoms with Crippen LogP contribution in [0.25, 0.3) is 0 Å². The molecular formula is C11H20N4. The Morgan fingerprint density at radius 1 is 1.47 bits per heavy atom. The van der Waals surface area contributed by atoms with Crippen molar-refractivity contribution >= 4 is 0 Å². The summed E-state index contributed by atoms with van der Waals surface area (Å²) in [7, 11) is 0. The molecule has 15 heavy (non-hydrogen) atoms. The highest BCUT2D eigenvalue weighted by molar-refractivity contribution is 4.79. The third-order valence-corrected chi connectivity index (χ3v) is 3.16. The maximum Gasteiger partial charge on any atom is 0.137 e. The Kier molecular flexibility index (Phi) is 3.72. The van der Waals surface area contributed by atoms with Crippen molar-refractivity contribution < 1.29 is 0 Å². The molecule has 1 saturated heterocycles. The molecule has 0 radical (unpaired) electrons. The van der Waals surface area contributed by atoms with E-state index in [4.69, 9.17) is 0 Å². The van der Waals surface area contributed by atoms with Crippen molar-refractivity contribution in [2.75, 3.05) is 13.1 Å². The molecule has 1 fully saturated rings. The van der Waals surface area contributed by atoms with Crippen molar-refractivity contribution in [3.05, 3.63) is 12.7 Å². The van der Waals surface area contributed by atoms with E-state index in [2.05, 4.69) is 21.9 Å². The van der Waals surface area contributed by atoms with Crippen molar-refractivity contribution in [3.8, 4) is 0 Å². The van der Waals surface area contributed by atoms with E-state index in [0.717, 1.165) is 6.54 Å². The van der Waals surface area contributed by atoms with Crippen LogP contribution < -0.4 is 0 Å². The van der Waals surface area contributed by atoms with E-state index in [1.165, 1.54) is 38.8 Å². The second kappa shape index (κ2) is 5.26. The zero-order valence-corrected chi connectivity index (χ0v) is 9.47. The quantitative estimate of drug-likeness (QED) is 0.736. The molecule has 1 atom stereocenters. The van der Waals surface area contributed by atoms with Gasteiger partial charge in [-0.25, -0.2) is 4.98 Å². The van der Waals surface area contributed by atoms with Gasteiger partial charge in [0.1, 0.15) is 12.7 Å². The van der Waals surface area contributed by atoms with Crippen LogP contribution in [0.3, 0.4) is 0 Å². The molecule has 1 aliphatic heterocycles. The van der Waals surface area contributed by atoms with Gasteiger partial charge < -0.3 is 0 Å². The number of hydrogen-bond donors (Lipinski definition) is 0. The summed E-state index contributed by atoms with van der Waals surface area (Å²) < 4.78 is 1.95. The minimum absolute atomic E-state index is 0.679. The van der Waals surface area contributed by atoms with Crippen LogP contribution in [0.2, 0.25) is 0 Å². The zero-order valence-electron chi connectivity index (χ0n) is 9.47. The first kappa shape index (κ1) is 10.6. The van der Waals surface area contributed by atoms with Crippen molar-refractivity contribution in [1.29, 1.82) is 0 Å². The average molecular weight is 208 g/mol. The number of hydrogen-bond acceptors (Lipinski definition) is 3. The van der Waals surface area contributed by atoms with Crippen molar-refractivity contribution in [2.45, 2.75) is 45.2 Å². The Morgan fingerprint density at radius 3 is 3.13 bits per heavy atom. The summed E-state index contributed by atoms with van der Waals surface area (Å²) in [6.07, 6.45) is 8.68. The van der Waals surface area contributed by atoms with Gasteiger partial charge in [-0.15, -0.1) is 0 Å². The van der Waals surface area contributed by atoms with Crippen LogP contribution in [0.4, 0.5) is 0 Å². The molecule has 0 spiro atoms. The molecule has 4 nitrogen and oxygen atoms in total. The smallest absolute Gasteiger partial charge is 0.137 e. The van der Waals surface area contributed by atoms with Gasteiger partial charge in [0.25, 0.3) is 0 Å². The number of rotatable bonds is 5. The summed E-state index contributed by atoms with van der Waals surface area (Å²) in [5, 5.41) is 4.17. The van der Waals surface area contributed by atoms with Crippen LogP contribution in [-0.2, 0) is 6.54 Å². The standard InChI is InChI=1S/C11H20N4/c1-2-3-6-14-7-4-5-11(14)8-15-10-12-9-13-15/h9-11H,2-8H2,1H3/t11-/m1/s1. The molecule has 0 saturated carbocycles. The maximum absolute atomic E-state index is 4.17. The van der Waals surface area contributed by atoms with Gasteiger partial charge in [0.15, 0.2) is 0 Å². The fourth-order valence-electron chi connectivity index (χ4n) is 2.30. The number of likely N-dealkylation sites (tertiary alicyclic amines) is 1. The summed E-state index contributed by atoms with van der Waals surface area (Å²) in [5.74, 6) is 0. The van der Waals surface area contributed by atoms with Gasteiger partial charge in [0.05, 0.1) is 6.54 Å². The second-order valence-corrected chi connectivity index (χ2v) is 4.30. The lowest BCUT2D eigenvalue weighted by Crippen LogP contribution is -2.33. The Morgan fingerprint density at radius 2 is 2.40 bits per heavy atom. The van der Waals surface area contributed by atoms with E-state index in [1.807, 2.05) is 11.0 Å². The molecule has 1 aliphatic rings. The molecule has 4 heteroatoms. The van der Waals surface area contributed by atoms with Gasteiger partial charge in [0, 0.05) is 6.04 Å². The van der Waals surface area contributed by atoms with Crippen LogP contribution in [0.15, 0.2) is 12.7 Å². The van der Waals surface area contributed by atoms with E-state index >= 15 is 0 Å². The molecule has 84 valence electrons. The predicted octanol–water partition coefficient (Wildman–Crippen LogP) is 1.54. The largest absolute Gasteiger partial charge is 0.299 e. The molecular weight excluding hydrogens is 188 g/mol. The Labute approximate surface area is 91.3 Å². The van der Waals surface area contributed by atoms with E-state index in [1.54, 1.807) is 6.33 Å². The highest BCUT2D eigenvalue weighted by Crippen LogP contribution is 2.18. The van der Waals surface area contributed by atoms with Crippen LogP contribution in [0, 0.1) is 0 Å². The van der Waals surface area contributed by atoms with Gasteiger partial charge >= 0.3 is 0 Å². The number of nitrogens with zero attached hydrogens (tertiary/aromatic N) is 4. The Hall–Kier alpha value is -0.900. The lowest BCUT2D eigenvalue weighted by Gasteiger charge is -2.23. The predicted molar refractivity (Wildman–Crippen MR) is 59.5 cm³/mol. The highest BCUT2D eigenvalue weighted by atomic mass is 15.3. The van der Waals surface area contributed by atoms with Crippen molar-refractivity contribution in [1.82, 2.24) is 19.7 Å². The van der Waals surface area contributed by atoms with Crippen LogP contribution >= 0.6 is 0 Å². The SMILES string of the molecule is CCCCN1CCC[C@@H]1Cn1cncn1. The topological polar surface area (TPSA) is 34.0 Å². The molecule has 0 aliphatic carbocycles. The summed E-state index contributed by atoms with van der Waals surface area (Å²) in [5.41, 5.74) is 0. The molecule has 0 amide bonds. The van der Waals surface area contributed by atoms with Gasteiger partial charge in [-0.05, 0) is 32.4 Å². The maximum atomic E-state index is 4.17. The summed E-state index contributed by atoms with van der Waals surface area (Å²) >= 11 is 0. The lowest BCUT2D eigenvalue weighted by molar-refractivity contribution is 0.224. The molecule has 1 aromatic rings. The average Bonchev–Trinajstić information content (AvgIpc) is 2.87. The van der Waals surface area contributed by atoms with Crippen LogP contribution in [0.5, 0.6) is 0 Å². The van der Waals surface area contributed by atoms with Gasteiger partial charge in [-0.2, -0.15) is 5.10 Å². The van der Waals surface area contributed by atoms with Gasteiger partial charge in [-0.1, -0.05) is 13.3 Å². The van der Waals surface area contributed by atoms with Crippen LogP contribution in [0.1, 0.15) is 32.6 Å². The summed E-state index contributed by atoms with van der Waals surface area (Å²) in [6, 6.07) is 0.679. The second-order valence-electron chi connectivity index (χ2n) is 4.30. The van der Waals surface area contributed by atoms with E-state index < -0.39 is 0 Å². The fraction of sp³-hybridized carbons (Fsp3) is 0.818. The zero-order chi connectivity index (χ0) is 10.5. The highest BCUT2D eigenvalue weighted by Gasteiger charge is 2.23. The van der Waals surface area contributed by atoms with Gasteiger partial charge in [-0.3, -0.25) is 9.58 Å². The molecule has 0 N–H and O–H groups in total. The van der Waals surface area contributed by atoms with Crippen molar-refractivity contribution in [2.24, 2.45) is 0 Å². The molecule has 1 aromatic heterocycles. The monoisotopic (exact) mass is 208 g/mol. The first-order valence-corrected chi connectivity index (χ1v) is 5.96. The van der Waals surface area contributed by atoms with E-state index in [-0.39, 0.29) is 0 Å². The molecule has 0 unspecified atom stereocenters. The number of aromatic nitrogens is 3. The number of unbranched alkanes of at least 4 members (excludes halogenated alkanes) is 1. The summed E-state index contributed by atoms with van der Waals surface area (Å²) in [4.78, 5) is 6.59. The fourth-order valence-corrected chi connectivity index (χ4v) is 2.30. The third kappa shape index (κ3) is 2.78. The molecule has 0 aromatic carbocycles. The molecule has 0 bridgehead atoms. The van der Waals surface area contributed by atoms with Gasteiger partial charge in [0.2, 0.25) is 0 Å². The third-order valence-electron chi connectivity index (χ3n) is 3.16. The normalized spacial score (nSPS) is 22.3. The Balaban J connectivity index is 1.85. The first-order chi connectivity index (χ1) is 7.40. The van der Waals surface area contributed by atoms with E-state index in [0.29, 0.717) is 6.04 Å².